The average Bonchev–Trinajstić information content (AvgIpc) is 3.93. The number of aromatic nitrogens is 6. The quantitative estimate of drug-likeness (QED) is 0.0557. The molecule has 0 bridgehead atoms. The van der Waals surface area contributed by atoms with Crippen molar-refractivity contribution in [2.24, 2.45) is 4.99 Å². The summed E-state index contributed by atoms with van der Waals surface area (Å²) in [5.74, 6) is -0.400. The van der Waals surface area contributed by atoms with E-state index in [0.29, 0.717) is 5.56 Å². The number of hydrogen-bond donors (Lipinski definition) is 3. The van der Waals surface area contributed by atoms with Crippen LogP contribution in [0.4, 0.5) is 14.6 Å². The van der Waals surface area contributed by atoms with Crippen LogP contribution in [0, 0.1) is 11.3 Å². The Bertz CT molecular complexity index is 2460. The molecule has 10 atom stereocenters. The standard InChI is InChI=1S/C39H50F2N10O11P2S/c1-23(2)51(24(3)4)63(56-17-9-14-42)57-19-26-30(41)33(38(61-26)49-16-13-28(52)47-39(49)55)62-64(65,58-18-10-15-43-5)59-20-27-29(40)32(53)37(60-27)50-22-46-31-34(44-21-45-35(31)50)48-36(54)25-11-7-6-8-12-25/h6-8,11-13,15-16,21-24,26-27,29-30,32-33,37-38,53H,9-10,17-20H2,1-5H3,(H,47,52,55)(H,44,45,48,54)/t26-,27-,29?,30?,32?,33?,37-,38-,63?,64?/m1/s1. The Morgan fingerprint density at radius 2 is 1.77 bits per heavy atom. The van der Waals surface area contributed by atoms with E-state index in [0.717, 1.165) is 23.2 Å². The Balaban J connectivity index is 1.22. The van der Waals surface area contributed by atoms with Gasteiger partial charge in [0.1, 0.15) is 30.7 Å². The van der Waals surface area contributed by atoms with Gasteiger partial charge in [-0.3, -0.25) is 28.2 Å². The number of H-pyrrole nitrogens is 1. The summed E-state index contributed by atoms with van der Waals surface area (Å²) < 4.78 is 79.3. The molecule has 4 aromatic rings. The molecule has 21 nitrogen and oxygen atoms in total. The number of carbonyl (C=O) groups is 1. The topological polar surface area (TPSA) is 252 Å². The number of hydrogen-bond acceptors (Lipinski definition) is 18. The molecule has 2 saturated heterocycles. The van der Waals surface area contributed by atoms with Crippen molar-refractivity contribution in [3.63, 3.8) is 0 Å². The van der Waals surface area contributed by atoms with Crippen LogP contribution in [0.15, 0.2) is 69.8 Å². The van der Waals surface area contributed by atoms with Crippen molar-refractivity contribution in [3.05, 3.63) is 81.7 Å². The third-order valence-electron chi connectivity index (χ3n) is 9.92. The Labute approximate surface area is 378 Å². The first-order chi connectivity index (χ1) is 31.2. The van der Waals surface area contributed by atoms with Gasteiger partial charge in [0.2, 0.25) is 0 Å². The molecule has 3 aromatic heterocycles. The second-order valence-corrected chi connectivity index (χ2v) is 19.5. The number of aliphatic hydroxyl groups is 1. The summed E-state index contributed by atoms with van der Waals surface area (Å²) in [6.07, 6.45) is -8.19. The summed E-state index contributed by atoms with van der Waals surface area (Å²) in [5, 5.41) is 22.9. The van der Waals surface area contributed by atoms with Gasteiger partial charge in [-0.2, -0.15) is 5.26 Å². The predicted octanol–water partition coefficient (Wildman–Crippen LogP) is 4.49. The van der Waals surface area contributed by atoms with Crippen LogP contribution in [0.1, 0.15) is 63.4 Å². The lowest BCUT2D eigenvalue weighted by molar-refractivity contribution is -0.0587. The maximum absolute atomic E-state index is 16.9. The fourth-order valence-electron chi connectivity index (χ4n) is 6.97. The van der Waals surface area contributed by atoms with Crippen LogP contribution in [0.25, 0.3) is 11.2 Å². The van der Waals surface area contributed by atoms with E-state index in [9.17, 15) is 19.5 Å². The smallest absolute Gasteiger partial charge is 0.330 e. The number of ether oxygens (including phenoxy) is 2. The van der Waals surface area contributed by atoms with Crippen LogP contribution >= 0.6 is 15.2 Å². The number of aromatic amines is 1. The fourth-order valence-corrected chi connectivity index (χ4v) is 10.7. The van der Waals surface area contributed by atoms with Crippen molar-refractivity contribution in [2.45, 2.75) is 102 Å². The molecular weight excluding hydrogens is 916 g/mol. The van der Waals surface area contributed by atoms with E-state index < -0.39 is 94.8 Å². The molecule has 0 spiro atoms. The highest BCUT2D eigenvalue weighted by Crippen LogP contribution is 2.55. The summed E-state index contributed by atoms with van der Waals surface area (Å²) in [5.41, 5.74) is -1.07. The van der Waals surface area contributed by atoms with Crippen LogP contribution in [-0.4, -0.2) is 133 Å². The van der Waals surface area contributed by atoms with Gasteiger partial charge in [0.25, 0.3) is 20.0 Å². The van der Waals surface area contributed by atoms with E-state index in [2.05, 4.69) is 30.2 Å². The third-order valence-corrected chi connectivity index (χ3v) is 14.3. The molecule has 3 N–H and O–H groups in total. The lowest BCUT2D eigenvalue weighted by atomic mass is 10.1. The molecule has 6 unspecified atom stereocenters. The number of nitrogens with zero attached hydrogens (tertiary/aromatic N) is 8. The number of nitriles is 1. The number of rotatable bonds is 22. The Morgan fingerprint density at radius 3 is 2.46 bits per heavy atom. The minimum atomic E-state index is -4.16. The number of aliphatic imine (C=N–C) groups is 1. The number of imidazole rings is 1. The molecule has 2 fully saturated rings. The molecule has 6 rings (SSSR count). The Morgan fingerprint density at radius 1 is 1.05 bits per heavy atom. The molecular formula is C39H50F2N10O11P2S. The zero-order valence-electron chi connectivity index (χ0n) is 36.0. The second kappa shape index (κ2) is 22.9. The largest absolute Gasteiger partial charge is 0.385 e. The highest BCUT2D eigenvalue weighted by molar-refractivity contribution is 8.07. The number of halogens is 2. The number of carbonyl (C=O) groups excluding carboxylic acids is 1. The first-order valence-corrected chi connectivity index (χ1v) is 24.2. The predicted molar refractivity (Wildman–Crippen MR) is 236 cm³/mol. The molecule has 26 heteroatoms. The molecule has 2 aliphatic heterocycles. The zero-order chi connectivity index (χ0) is 46.8. The average molecular weight is 967 g/mol. The number of fused-ring (bicyclic) bond motifs is 1. The molecule has 352 valence electrons. The van der Waals surface area contributed by atoms with Gasteiger partial charge in [-0.1, -0.05) is 18.2 Å². The SMILES string of the molecule is CN=CCCOP(=S)(OC[C@H]1O[C@@H](n2cnc3c(NC(=O)c4ccccc4)ncnc32)C(O)C1F)OC1C(F)[C@@H](COP(OCCC#N)N(C(C)C)C(C)C)O[C@H]1n1ccc(=O)[nH]c1=O. The highest BCUT2D eigenvalue weighted by atomic mass is 32.5. The van der Waals surface area contributed by atoms with Crippen LogP contribution in [0.3, 0.4) is 0 Å². The summed E-state index contributed by atoms with van der Waals surface area (Å²) in [6, 6.07) is 11.3. The normalized spacial score (nSPS) is 24.9. The van der Waals surface area contributed by atoms with E-state index in [4.69, 9.17) is 49.2 Å². The van der Waals surface area contributed by atoms with E-state index in [1.165, 1.54) is 17.1 Å². The first kappa shape index (κ1) is 50.1. The van der Waals surface area contributed by atoms with Gasteiger partial charge in [0.05, 0.1) is 45.2 Å². The second-order valence-electron chi connectivity index (χ2n) is 15.1. The summed E-state index contributed by atoms with van der Waals surface area (Å²) in [6.45, 7) is 2.40. The van der Waals surface area contributed by atoms with Crippen LogP contribution in [-0.2, 0) is 43.9 Å². The van der Waals surface area contributed by atoms with Crippen molar-refractivity contribution in [1.82, 2.24) is 33.7 Å². The molecule has 0 radical (unpaired) electrons. The maximum atomic E-state index is 16.9. The van der Waals surface area contributed by atoms with E-state index in [-0.39, 0.29) is 55.1 Å². The monoisotopic (exact) mass is 966 g/mol. The van der Waals surface area contributed by atoms with Crippen molar-refractivity contribution in [3.8, 4) is 6.07 Å². The molecule has 0 saturated carbocycles. The van der Waals surface area contributed by atoms with Gasteiger partial charge in [-0.25, -0.2) is 33.2 Å². The fraction of sp³-hybridized carbons (Fsp3) is 0.538. The molecule has 0 aliphatic carbocycles. The van der Waals surface area contributed by atoms with Crippen LogP contribution < -0.4 is 16.6 Å². The van der Waals surface area contributed by atoms with E-state index >= 15 is 8.78 Å². The highest BCUT2D eigenvalue weighted by Gasteiger charge is 2.52. The molecule has 65 heavy (non-hydrogen) atoms. The zero-order valence-corrected chi connectivity index (χ0v) is 38.6. The lowest BCUT2D eigenvalue weighted by Crippen LogP contribution is -2.38. The van der Waals surface area contributed by atoms with Crippen molar-refractivity contribution < 1.29 is 50.8 Å². The number of aliphatic hydroxyl groups excluding tert-OH is 1. The van der Waals surface area contributed by atoms with Gasteiger partial charge >= 0.3 is 12.4 Å². The van der Waals surface area contributed by atoms with Gasteiger partial charge in [-0.05, 0) is 51.6 Å². The molecule has 5 heterocycles. The van der Waals surface area contributed by atoms with Crippen molar-refractivity contribution in [2.75, 3.05) is 38.8 Å². The molecule has 1 amide bonds. The summed E-state index contributed by atoms with van der Waals surface area (Å²) in [7, 11) is -0.296. The van der Waals surface area contributed by atoms with E-state index in [1.54, 1.807) is 37.4 Å². The lowest BCUT2D eigenvalue weighted by Gasteiger charge is -2.36. The molecule has 2 aliphatic rings. The minimum absolute atomic E-state index is 0.0511. The first-order valence-electron chi connectivity index (χ1n) is 20.5. The van der Waals surface area contributed by atoms with Gasteiger partial charge < -0.3 is 43.0 Å². The van der Waals surface area contributed by atoms with Crippen molar-refractivity contribution in [1.29, 1.82) is 5.26 Å². The van der Waals surface area contributed by atoms with E-state index in [1.807, 2.05) is 38.4 Å². The third kappa shape index (κ3) is 12.2. The minimum Gasteiger partial charge on any atom is -0.385 e. The van der Waals surface area contributed by atoms with Gasteiger partial charge in [-0.15, -0.1) is 0 Å². The summed E-state index contributed by atoms with van der Waals surface area (Å²) >= 11 is 5.80. The van der Waals surface area contributed by atoms with Gasteiger partial charge in [0, 0.05) is 49.6 Å². The number of benzene rings is 1. The summed E-state index contributed by atoms with van der Waals surface area (Å²) in [4.78, 5) is 56.7. The Hall–Kier alpha value is -4.34. The number of nitrogens with one attached hydrogen (secondary N) is 2. The Kier molecular flexibility index (Phi) is 17.7. The van der Waals surface area contributed by atoms with Crippen LogP contribution in [0.5, 0.6) is 0 Å². The van der Waals surface area contributed by atoms with Crippen molar-refractivity contribution >= 4 is 56.2 Å². The number of anilines is 1. The molecule has 1 aromatic carbocycles. The van der Waals surface area contributed by atoms with Crippen LogP contribution in [0.2, 0.25) is 0 Å². The number of amides is 1. The maximum Gasteiger partial charge on any atom is 0.330 e. The number of alkyl halides is 2. The van der Waals surface area contributed by atoms with Gasteiger partial charge in [0.15, 0.2) is 41.8 Å².